The van der Waals surface area contributed by atoms with Crippen LogP contribution in [0.3, 0.4) is 0 Å². The Kier molecular flexibility index (Phi) is 3.74. The lowest BCUT2D eigenvalue weighted by molar-refractivity contribution is -0.755. The lowest BCUT2D eigenvalue weighted by Crippen LogP contribution is -2.64. The highest BCUT2D eigenvalue weighted by molar-refractivity contribution is 5.72. The van der Waals surface area contributed by atoms with E-state index >= 15 is 0 Å². The standard InChI is InChI=1S/C28H39N2/c1-19-7-21-8-20(2)13-27(12-19,14-21)29-18-30(26-6-4-3-5-25(26)29)28-15-22-9-23(16-28)11-24(10-22)17-28/h3-6,18-24H,7-17H2,1-2H3/q+1. The first-order valence-electron chi connectivity index (χ1n) is 13.0. The fraction of sp³-hybridized carbons (Fsp3) is 0.750. The lowest BCUT2D eigenvalue weighted by Gasteiger charge is -2.54. The Morgan fingerprint density at radius 2 is 1.30 bits per heavy atom. The van der Waals surface area contributed by atoms with E-state index in [0.717, 1.165) is 35.5 Å². The highest BCUT2D eigenvalue weighted by atomic mass is 15.2. The Morgan fingerprint density at radius 3 is 1.93 bits per heavy atom. The molecule has 6 saturated carbocycles. The molecule has 2 atom stereocenters. The van der Waals surface area contributed by atoms with Crippen molar-refractivity contribution in [1.29, 1.82) is 0 Å². The van der Waals surface area contributed by atoms with Crippen LogP contribution in [-0.2, 0) is 11.1 Å². The molecule has 6 fully saturated rings. The third kappa shape index (κ3) is 2.51. The molecule has 0 N–H and O–H groups in total. The van der Waals surface area contributed by atoms with Crippen molar-refractivity contribution in [1.82, 2.24) is 4.57 Å². The fourth-order valence-corrected chi connectivity index (χ4v) is 10.2. The van der Waals surface area contributed by atoms with Crippen LogP contribution in [0.5, 0.6) is 0 Å². The first kappa shape index (κ1) is 18.3. The number of fused-ring (bicyclic) bond motifs is 3. The molecule has 160 valence electrons. The molecule has 1 heterocycles. The third-order valence-electron chi connectivity index (χ3n) is 10.3. The van der Waals surface area contributed by atoms with Gasteiger partial charge in [-0.05, 0) is 118 Å². The highest BCUT2D eigenvalue weighted by Crippen LogP contribution is 2.58. The Labute approximate surface area is 182 Å². The van der Waals surface area contributed by atoms with Crippen molar-refractivity contribution in [3.8, 4) is 0 Å². The van der Waals surface area contributed by atoms with Crippen molar-refractivity contribution in [2.45, 2.75) is 95.6 Å². The van der Waals surface area contributed by atoms with Gasteiger partial charge in [0.1, 0.15) is 11.1 Å². The quantitative estimate of drug-likeness (QED) is 0.512. The van der Waals surface area contributed by atoms with E-state index in [2.05, 4.69) is 53.6 Å². The van der Waals surface area contributed by atoms with Crippen LogP contribution < -0.4 is 4.57 Å². The van der Waals surface area contributed by atoms with Gasteiger partial charge in [0.2, 0.25) is 6.33 Å². The molecule has 8 rings (SSSR count). The molecule has 1 aromatic carbocycles. The minimum Gasteiger partial charge on any atom is -0.224 e. The van der Waals surface area contributed by atoms with Crippen LogP contribution in [0.1, 0.15) is 84.5 Å². The van der Waals surface area contributed by atoms with E-state index in [4.69, 9.17) is 0 Å². The summed E-state index contributed by atoms with van der Waals surface area (Å²) in [6.45, 7) is 5.05. The summed E-state index contributed by atoms with van der Waals surface area (Å²) in [5.74, 6) is 5.66. The summed E-state index contributed by atoms with van der Waals surface area (Å²) in [6, 6.07) is 9.46. The summed E-state index contributed by atoms with van der Waals surface area (Å²) < 4.78 is 5.67. The largest absolute Gasteiger partial charge is 0.245 e. The van der Waals surface area contributed by atoms with Gasteiger partial charge in [0.25, 0.3) is 0 Å². The summed E-state index contributed by atoms with van der Waals surface area (Å²) in [4.78, 5) is 0. The SMILES string of the molecule is CC1CC2CC(C)CC(n3c[n+](C45CC6CC(CC(C6)C4)C5)c4ccccc43)(C1)C2. The Balaban J connectivity index is 1.40. The second-order valence-electron chi connectivity index (χ2n) is 12.9. The summed E-state index contributed by atoms with van der Waals surface area (Å²) >= 11 is 0. The average Bonchev–Trinajstić information content (AvgIpc) is 3.07. The number of para-hydroxylation sites is 2. The number of aromatic nitrogens is 2. The first-order valence-corrected chi connectivity index (χ1v) is 13.0. The van der Waals surface area contributed by atoms with Crippen molar-refractivity contribution >= 4 is 11.0 Å². The average molecular weight is 404 g/mol. The Bertz CT molecular complexity index is 929. The van der Waals surface area contributed by atoms with Crippen molar-refractivity contribution in [2.24, 2.45) is 35.5 Å². The van der Waals surface area contributed by atoms with Crippen LogP contribution >= 0.6 is 0 Å². The zero-order chi connectivity index (χ0) is 20.1. The van der Waals surface area contributed by atoms with Crippen LogP contribution in [-0.4, -0.2) is 4.57 Å². The maximum Gasteiger partial charge on any atom is 0.245 e. The van der Waals surface area contributed by atoms with E-state index in [9.17, 15) is 0 Å². The predicted molar refractivity (Wildman–Crippen MR) is 121 cm³/mol. The van der Waals surface area contributed by atoms with Crippen LogP contribution in [0.4, 0.5) is 0 Å². The van der Waals surface area contributed by atoms with Crippen LogP contribution in [0.25, 0.3) is 11.0 Å². The molecule has 6 aliphatic rings. The van der Waals surface area contributed by atoms with E-state index in [1.54, 1.807) is 0 Å². The molecular weight excluding hydrogens is 364 g/mol. The minimum atomic E-state index is 0.354. The second kappa shape index (κ2) is 6.14. The van der Waals surface area contributed by atoms with Crippen molar-refractivity contribution in [2.75, 3.05) is 0 Å². The van der Waals surface area contributed by atoms with Gasteiger partial charge in [-0.1, -0.05) is 26.0 Å². The topological polar surface area (TPSA) is 8.81 Å². The van der Waals surface area contributed by atoms with Crippen LogP contribution in [0.2, 0.25) is 0 Å². The molecule has 2 nitrogen and oxygen atoms in total. The number of hydrogen-bond donors (Lipinski definition) is 0. The number of rotatable bonds is 2. The molecule has 30 heavy (non-hydrogen) atoms. The van der Waals surface area contributed by atoms with E-state index in [1.807, 2.05) is 0 Å². The monoisotopic (exact) mass is 403 g/mol. The summed E-state index contributed by atoms with van der Waals surface area (Å²) in [5, 5.41) is 0. The van der Waals surface area contributed by atoms with Crippen molar-refractivity contribution in [3.63, 3.8) is 0 Å². The van der Waals surface area contributed by atoms with Crippen LogP contribution in [0.15, 0.2) is 30.6 Å². The second-order valence-corrected chi connectivity index (χ2v) is 12.9. The molecule has 0 radical (unpaired) electrons. The van der Waals surface area contributed by atoms with Gasteiger partial charge in [-0.15, -0.1) is 0 Å². The molecule has 2 heteroatoms. The fourth-order valence-electron chi connectivity index (χ4n) is 10.2. The van der Waals surface area contributed by atoms with E-state index in [-0.39, 0.29) is 0 Å². The lowest BCUT2D eigenvalue weighted by atomic mass is 9.53. The Hall–Kier alpha value is -1.31. The summed E-state index contributed by atoms with van der Waals surface area (Å²) in [5.41, 5.74) is 3.82. The molecule has 6 aliphatic carbocycles. The molecule has 0 saturated heterocycles. The predicted octanol–water partition coefficient (Wildman–Crippen LogP) is 6.42. The first-order chi connectivity index (χ1) is 14.5. The maximum absolute atomic E-state index is 2.84. The summed E-state index contributed by atoms with van der Waals surface area (Å²) in [6.07, 6.45) is 18.7. The molecular formula is C28H39N2+. The maximum atomic E-state index is 2.84. The highest BCUT2D eigenvalue weighted by Gasteiger charge is 2.56. The van der Waals surface area contributed by atoms with E-state index in [1.165, 1.54) is 81.7 Å². The van der Waals surface area contributed by atoms with Gasteiger partial charge in [0, 0.05) is 0 Å². The van der Waals surface area contributed by atoms with Gasteiger partial charge in [0.05, 0.1) is 0 Å². The van der Waals surface area contributed by atoms with Crippen LogP contribution in [0, 0.1) is 35.5 Å². The van der Waals surface area contributed by atoms with E-state index < -0.39 is 0 Å². The Morgan fingerprint density at radius 1 is 0.733 bits per heavy atom. The third-order valence-corrected chi connectivity index (χ3v) is 10.3. The van der Waals surface area contributed by atoms with Crippen molar-refractivity contribution in [3.05, 3.63) is 30.6 Å². The molecule has 0 aliphatic heterocycles. The smallest absolute Gasteiger partial charge is 0.224 e. The van der Waals surface area contributed by atoms with E-state index in [0.29, 0.717) is 11.1 Å². The molecule has 0 amide bonds. The normalized spacial score (nSPS) is 47.1. The molecule has 2 aromatic rings. The van der Waals surface area contributed by atoms with Gasteiger partial charge >= 0.3 is 0 Å². The van der Waals surface area contributed by atoms with Gasteiger partial charge in [-0.2, -0.15) is 0 Å². The zero-order valence-corrected chi connectivity index (χ0v) is 19.0. The molecule has 6 bridgehead atoms. The minimum absolute atomic E-state index is 0.354. The number of benzene rings is 1. The number of imidazole rings is 1. The number of hydrogen-bond acceptors (Lipinski definition) is 0. The van der Waals surface area contributed by atoms with Gasteiger partial charge in [0.15, 0.2) is 11.0 Å². The van der Waals surface area contributed by atoms with Gasteiger partial charge < -0.3 is 0 Å². The number of nitrogens with zero attached hydrogens (tertiary/aromatic N) is 2. The zero-order valence-electron chi connectivity index (χ0n) is 19.0. The van der Waals surface area contributed by atoms with Crippen molar-refractivity contribution < 1.29 is 4.57 Å². The van der Waals surface area contributed by atoms with Gasteiger partial charge in [-0.3, -0.25) is 0 Å². The molecule has 0 spiro atoms. The molecule has 2 unspecified atom stereocenters. The summed E-state index contributed by atoms with van der Waals surface area (Å²) in [7, 11) is 0. The van der Waals surface area contributed by atoms with Gasteiger partial charge in [-0.25, -0.2) is 9.13 Å². The molecule has 1 aromatic heterocycles.